The van der Waals surface area contributed by atoms with Crippen molar-refractivity contribution in [1.82, 2.24) is 5.32 Å². The number of amidine groups is 1. The van der Waals surface area contributed by atoms with Crippen molar-refractivity contribution in [3.8, 4) is 0 Å². The fourth-order valence-corrected chi connectivity index (χ4v) is 2.59. The largest absolute Gasteiger partial charge is 0.343 e. The highest BCUT2D eigenvalue weighted by Gasteiger charge is 2.08. The van der Waals surface area contributed by atoms with Crippen LogP contribution in [0.15, 0.2) is 52.6 Å². The van der Waals surface area contributed by atoms with E-state index in [1.165, 1.54) is 5.30 Å². The molecule has 1 aromatic rings. The van der Waals surface area contributed by atoms with Crippen molar-refractivity contribution in [3.63, 3.8) is 0 Å². The van der Waals surface area contributed by atoms with Gasteiger partial charge in [-0.05, 0) is 33.2 Å². The third-order valence-corrected chi connectivity index (χ3v) is 4.15. The van der Waals surface area contributed by atoms with Gasteiger partial charge in [0.15, 0.2) is 0 Å². The van der Waals surface area contributed by atoms with Gasteiger partial charge in [-0.2, -0.15) is 0 Å². The SMILES string of the molecule is C=C(C)NC(=Nc1ccccc1P(C)C)/C(Cl)=C\C. The Kier molecular flexibility index (Phi) is 6.27. The van der Waals surface area contributed by atoms with Gasteiger partial charge in [0.1, 0.15) is 5.84 Å². The minimum absolute atomic E-state index is 0.211. The molecule has 0 aliphatic rings. The van der Waals surface area contributed by atoms with E-state index in [9.17, 15) is 0 Å². The maximum Gasteiger partial charge on any atom is 0.149 e. The van der Waals surface area contributed by atoms with Gasteiger partial charge in [0.05, 0.1) is 10.7 Å². The second kappa shape index (κ2) is 7.47. The molecule has 0 atom stereocenters. The summed E-state index contributed by atoms with van der Waals surface area (Å²) in [5.41, 5.74) is 1.77. The number of aliphatic imine (C=N–C) groups is 1. The zero-order chi connectivity index (χ0) is 14.4. The lowest BCUT2D eigenvalue weighted by atomic mass is 10.3. The molecule has 0 aliphatic carbocycles. The van der Waals surface area contributed by atoms with Crippen LogP contribution in [0.2, 0.25) is 0 Å². The summed E-state index contributed by atoms with van der Waals surface area (Å²) in [5.74, 6) is 0.640. The second-order valence-electron chi connectivity index (χ2n) is 4.39. The highest BCUT2D eigenvalue weighted by Crippen LogP contribution is 2.29. The van der Waals surface area contributed by atoms with Crippen LogP contribution in [0.25, 0.3) is 0 Å². The molecule has 1 aromatic carbocycles. The van der Waals surface area contributed by atoms with Gasteiger partial charge in [-0.15, -0.1) is 0 Å². The third-order valence-electron chi connectivity index (χ3n) is 2.41. The van der Waals surface area contributed by atoms with E-state index in [-0.39, 0.29) is 7.92 Å². The van der Waals surface area contributed by atoms with Crippen molar-refractivity contribution < 1.29 is 0 Å². The molecule has 1 N–H and O–H groups in total. The Labute approximate surface area is 122 Å². The first-order valence-corrected chi connectivity index (χ1v) is 8.67. The molecule has 0 aromatic heterocycles. The lowest BCUT2D eigenvalue weighted by molar-refractivity contribution is 1.13. The molecule has 0 spiro atoms. The number of nitrogens with one attached hydrogen (secondary N) is 1. The Balaban J connectivity index is 3.25. The molecule has 4 heteroatoms. The van der Waals surface area contributed by atoms with Gasteiger partial charge < -0.3 is 5.32 Å². The maximum atomic E-state index is 6.19. The number of hydrogen-bond donors (Lipinski definition) is 1. The van der Waals surface area contributed by atoms with E-state index in [2.05, 4.69) is 36.3 Å². The lowest BCUT2D eigenvalue weighted by Crippen LogP contribution is -2.21. The van der Waals surface area contributed by atoms with Crippen LogP contribution in [-0.4, -0.2) is 19.2 Å². The number of allylic oxidation sites excluding steroid dienone is 2. The van der Waals surface area contributed by atoms with Gasteiger partial charge in [-0.3, -0.25) is 0 Å². The molecule has 1 rings (SSSR count). The Bertz CT molecular complexity index is 519. The van der Waals surface area contributed by atoms with E-state index in [1.807, 2.05) is 38.1 Å². The Hall–Kier alpha value is -1.11. The highest BCUT2D eigenvalue weighted by molar-refractivity contribution is 7.64. The van der Waals surface area contributed by atoms with Crippen LogP contribution in [0.3, 0.4) is 0 Å². The fourth-order valence-electron chi connectivity index (χ4n) is 1.54. The molecule has 2 nitrogen and oxygen atoms in total. The molecule has 0 unspecified atom stereocenters. The van der Waals surface area contributed by atoms with Crippen LogP contribution in [0, 0.1) is 0 Å². The number of halogens is 1. The maximum absolute atomic E-state index is 6.19. The summed E-state index contributed by atoms with van der Waals surface area (Å²) in [6.45, 7) is 12.0. The number of hydrogen-bond acceptors (Lipinski definition) is 1. The molecule has 0 aliphatic heterocycles. The standard InChI is InChI=1S/C15H20ClN2P/c1-6-12(16)15(17-11(2)3)18-13-9-7-8-10-14(13)19(4)5/h6-10H,2H2,1,3-5H3,(H,17,18)/b12-6+. The molecule has 0 heterocycles. The van der Waals surface area contributed by atoms with Crippen molar-refractivity contribution in [2.75, 3.05) is 13.3 Å². The monoisotopic (exact) mass is 294 g/mol. The summed E-state index contributed by atoms with van der Waals surface area (Å²) < 4.78 is 0. The van der Waals surface area contributed by atoms with E-state index < -0.39 is 0 Å². The van der Waals surface area contributed by atoms with Crippen molar-refractivity contribution >= 4 is 36.4 Å². The molecule has 0 fully saturated rings. The van der Waals surface area contributed by atoms with E-state index in [0.717, 1.165) is 11.4 Å². The van der Waals surface area contributed by atoms with Crippen molar-refractivity contribution in [2.24, 2.45) is 4.99 Å². The van der Waals surface area contributed by atoms with E-state index in [1.54, 1.807) is 0 Å². The van der Waals surface area contributed by atoms with Crippen molar-refractivity contribution in [3.05, 3.63) is 47.6 Å². The topological polar surface area (TPSA) is 24.4 Å². The summed E-state index contributed by atoms with van der Waals surface area (Å²) in [5, 5.41) is 4.96. The van der Waals surface area contributed by atoms with Crippen LogP contribution < -0.4 is 10.6 Å². The van der Waals surface area contributed by atoms with Crippen LogP contribution in [-0.2, 0) is 0 Å². The number of para-hydroxylation sites is 1. The molecule has 0 bridgehead atoms. The van der Waals surface area contributed by atoms with Gasteiger partial charge >= 0.3 is 0 Å². The quantitative estimate of drug-likeness (QED) is 0.498. The molecule has 0 saturated heterocycles. The predicted molar refractivity (Wildman–Crippen MR) is 89.5 cm³/mol. The zero-order valence-corrected chi connectivity index (χ0v) is 13.5. The molecular formula is C15H20ClN2P. The van der Waals surface area contributed by atoms with E-state index in [0.29, 0.717) is 10.9 Å². The first kappa shape index (κ1) is 15.9. The Morgan fingerprint density at radius 3 is 2.53 bits per heavy atom. The Morgan fingerprint density at radius 1 is 1.37 bits per heavy atom. The minimum Gasteiger partial charge on any atom is -0.343 e. The minimum atomic E-state index is -0.211. The van der Waals surface area contributed by atoms with Gasteiger partial charge in [0, 0.05) is 11.0 Å². The number of nitrogens with zero attached hydrogens (tertiary/aromatic N) is 1. The molecule has 0 amide bonds. The fraction of sp³-hybridized carbons (Fsp3) is 0.267. The van der Waals surface area contributed by atoms with Crippen LogP contribution in [0.5, 0.6) is 0 Å². The number of rotatable bonds is 4. The average Bonchev–Trinajstić information content (AvgIpc) is 2.36. The molecule has 102 valence electrons. The molecule has 0 radical (unpaired) electrons. The highest BCUT2D eigenvalue weighted by atomic mass is 35.5. The molecular weight excluding hydrogens is 275 g/mol. The van der Waals surface area contributed by atoms with Crippen LogP contribution >= 0.6 is 19.5 Å². The summed E-state index contributed by atoms with van der Waals surface area (Å²) in [7, 11) is -0.211. The van der Waals surface area contributed by atoms with Crippen LogP contribution in [0.4, 0.5) is 5.69 Å². The first-order valence-electron chi connectivity index (χ1n) is 6.05. The smallest absolute Gasteiger partial charge is 0.149 e. The normalized spacial score (nSPS) is 12.7. The molecule has 0 saturated carbocycles. The third kappa shape index (κ3) is 4.81. The van der Waals surface area contributed by atoms with Gasteiger partial charge in [-0.1, -0.05) is 50.4 Å². The van der Waals surface area contributed by atoms with Gasteiger partial charge in [0.25, 0.3) is 0 Å². The first-order chi connectivity index (χ1) is 8.95. The van der Waals surface area contributed by atoms with Crippen LogP contribution in [0.1, 0.15) is 13.8 Å². The Morgan fingerprint density at radius 2 is 2.00 bits per heavy atom. The van der Waals surface area contributed by atoms with E-state index in [4.69, 9.17) is 11.6 Å². The number of benzene rings is 1. The lowest BCUT2D eigenvalue weighted by Gasteiger charge is -2.12. The van der Waals surface area contributed by atoms with Crippen molar-refractivity contribution in [2.45, 2.75) is 13.8 Å². The van der Waals surface area contributed by atoms with Gasteiger partial charge in [0.2, 0.25) is 0 Å². The van der Waals surface area contributed by atoms with Gasteiger partial charge in [-0.25, -0.2) is 4.99 Å². The van der Waals surface area contributed by atoms with E-state index >= 15 is 0 Å². The zero-order valence-electron chi connectivity index (χ0n) is 11.9. The summed E-state index contributed by atoms with van der Waals surface area (Å²) in [6, 6.07) is 8.16. The summed E-state index contributed by atoms with van der Waals surface area (Å²) in [6.07, 6.45) is 1.82. The summed E-state index contributed by atoms with van der Waals surface area (Å²) in [4.78, 5) is 4.65. The summed E-state index contributed by atoms with van der Waals surface area (Å²) >= 11 is 6.19. The second-order valence-corrected chi connectivity index (χ2v) is 7.06. The molecule has 19 heavy (non-hydrogen) atoms. The average molecular weight is 295 g/mol. The van der Waals surface area contributed by atoms with Crippen molar-refractivity contribution in [1.29, 1.82) is 0 Å². The predicted octanol–water partition coefficient (Wildman–Crippen LogP) is 4.35.